The van der Waals surface area contributed by atoms with E-state index in [9.17, 15) is 9.59 Å². The molecule has 2 rings (SSSR count). The fourth-order valence-electron chi connectivity index (χ4n) is 2.85. The number of hydrogen-bond acceptors (Lipinski definition) is 2. The Morgan fingerprint density at radius 3 is 2.36 bits per heavy atom. The highest BCUT2D eigenvalue weighted by atomic mass is 16.4. The number of carboxylic acid groups (broad SMARTS) is 1. The van der Waals surface area contributed by atoms with E-state index in [2.05, 4.69) is 12.2 Å². The van der Waals surface area contributed by atoms with Crippen molar-refractivity contribution in [2.75, 3.05) is 0 Å². The molecule has 0 heterocycles. The second kappa shape index (κ2) is 9.62. The number of nitrogens with one attached hydrogen (secondary N) is 1. The van der Waals surface area contributed by atoms with Crippen molar-refractivity contribution >= 4 is 11.9 Å². The quantitative estimate of drug-likeness (QED) is 0.736. The number of carboxylic acids is 1. The highest BCUT2D eigenvalue weighted by Crippen LogP contribution is 2.10. The largest absolute Gasteiger partial charge is 0.481 e. The van der Waals surface area contributed by atoms with Gasteiger partial charge >= 0.3 is 5.97 Å². The minimum Gasteiger partial charge on any atom is -0.481 e. The average Bonchev–Trinajstić information content (AvgIpc) is 2.60. The van der Waals surface area contributed by atoms with Crippen molar-refractivity contribution in [3.63, 3.8) is 0 Å². The molecular weight excluding hydrogens is 314 g/mol. The van der Waals surface area contributed by atoms with Crippen molar-refractivity contribution in [1.82, 2.24) is 5.32 Å². The third-order valence-electron chi connectivity index (χ3n) is 4.16. The van der Waals surface area contributed by atoms with E-state index in [0.29, 0.717) is 19.3 Å². The van der Waals surface area contributed by atoms with E-state index in [4.69, 9.17) is 5.11 Å². The molecule has 0 fully saturated rings. The molecule has 0 aromatic heterocycles. The predicted molar refractivity (Wildman–Crippen MR) is 98.5 cm³/mol. The van der Waals surface area contributed by atoms with Crippen LogP contribution in [0.3, 0.4) is 0 Å². The van der Waals surface area contributed by atoms with Crippen LogP contribution in [0.1, 0.15) is 36.5 Å². The van der Waals surface area contributed by atoms with Crippen LogP contribution in [0.15, 0.2) is 54.6 Å². The molecule has 4 heteroatoms. The molecule has 0 aliphatic rings. The number of aryl methyl sites for hydroxylation is 1. The van der Waals surface area contributed by atoms with E-state index >= 15 is 0 Å². The molecule has 2 N–H and O–H groups in total. The Morgan fingerprint density at radius 2 is 1.68 bits per heavy atom. The van der Waals surface area contributed by atoms with Gasteiger partial charge in [-0.15, -0.1) is 0 Å². The maximum Gasteiger partial charge on any atom is 0.303 e. The third-order valence-corrected chi connectivity index (χ3v) is 4.16. The van der Waals surface area contributed by atoms with Gasteiger partial charge in [0.2, 0.25) is 5.91 Å². The Balaban J connectivity index is 1.98. The summed E-state index contributed by atoms with van der Waals surface area (Å²) >= 11 is 0. The molecule has 0 saturated carbocycles. The Hall–Kier alpha value is -2.62. The molecule has 0 radical (unpaired) electrons. The summed E-state index contributed by atoms with van der Waals surface area (Å²) in [5, 5.41) is 11.9. The zero-order valence-corrected chi connectivity index (χ0v) is 14.6. The Bertz CT molecular complexity index is 697. The second-order valence-corrected chi connectivity index (χ2v) is 6.24. The van der Waals surface area contributed by atoms with Crippen LogP contribution in [0.2, 0.25) is 0 Å². The van der Waals surface area contributed by atoms with Gasteiger partial charge in [-0.2, -0.15) is 0 Å². The summed E-state index contributed by atoms with van der Waals surface area (Å²) in [6.07, 6.45) is 2.35. The van der Waals surface area contributed by atoms with Crippen molar-refractivity contribution in [3.05, 3.63) is 71.3 Å². The van der Waals surface area contributed by atoms with Gasteiger partial charge in [-0.25, -0.2) is 0 Å². The van der Waals surface area contributed by atoms with Gasteiger partial charge in [0.15, 0.2) is 0 Å². The molecule has 2 aromatic rings. The third kappa shape index (κ3) is 6.79. The van der Waals surface area contributed by atoms with Gasteiger partial charge in [0.05, 0.1) is 6.42 Å². The number of hydrogen-bond donors (Lipinski definition) is 2. The number of amides is 1. The van der Waals surface area contributed by atoms with E-state index in [0.717, 1.165) is 17.5 Å². The Labute approximate surface area is 148 Å². The first kappa shape index (κ1) is 18.7. The summed E-state index contributed by atoms with van der Waals surface area (Å²) in [5.74, 6) is -0.914. The maximum atomic E-state index is 12.4. The van der Waals surface area contributed by atoms with Gasteiger partial charge in [0, 0.05) is 12.5 Å². The minimum absolute atomic E-state index is 0.0447. The normalized spacial score (nSPS) is 11.7. The first-order valence-corrected chi connectivity index (χ1v) is 8.69. The molecule has 0 saturated heterocycles. The average molecular weight is 339 g/mol. The molecule has 1 unspecified atom stereocenters. The molecule has 1 amide bonds. The fraction of sp³-hybridized carbons (Fsp3) is 0.333. The van der Waals surface area contributed by atoms with Gasteiger partial charge in [0.25, 0.3) is 0 Å². The number of aliphatic carboxylic acids is 1. The van der Waals surface area contributed by atoms with Crippen molar-refractivity contribution in [1.29, 1.82) is 0 Å². The van der Waals surface area contributed by atoms with E-state index in [1.807, 2.05) is 54.6 Å². The van der Waals surface area contributed by atoms with Crippen molar-refractivity contribution < 1.29 is 14.7 Å². The smallest absolute Gasteiger partial charge is 0.303 e. The highest BCUT2D eigenvalue weighted by molar-refractivity contribution is 5.79. The van der Waals surface area contributed by atoms with Crippen LogP contribution in [0.5, 0.6) is 0 Å². The topological polar surface area (TPSA) is 66.4 Å². The number of rotatable bonds is 9. The van der Waals surface area contributed by atoms with Gasteiger partial charge in [-0.3, -0.25) is 9.59 Å². The lowest BCUT2D eigenvalue weighted by Crippen LogP contribution is -2.37. The fourth-order valence-corrected chi connectivity index (χ4v) is 2.85. The van der Waals surface area contributed by atoms with Crippen LogP contribution in [0, 0.1) is 0 Å². The molecule has 2 aromatic carbocycles. The van der Waals surface area contributed by atoms with Crippen LogP contribution in [0.4, 0.5) is 0 Å². The SMILES string of the molecule is CCc1cccc(CC(=O)NC(CCC(=O)O)Cc2ccccc2)c1. The van der Waals surface area contributed by atoms with Gasteiger partial charge in [-0.1, -0.05) is 61.5 Å². The lowest BCUT2D eigenvalue weighted by Gasteiger charge is -2.18. The van der Waals surface area contributed by atoms with Crippen LogP contribution >= 0.6 is 0 Å². The number of carbonyl (C=O) groups is 2. The monoisotopic (exact) mass is 339 g/mol. The van der Waals surface area contributed by atoms with E-state index in [1.165, 1.54) is 5.56 Å². The van der Waals surface area contributed by atoms with Crippen LogP contribution in [-0.4, -0.2) is 23.0 Å². The zero-order valence-electron chi connectivity index (χ0n) is 14.6. The van der Waals surface area contributed by atoms with Gasteiger partial charge < -0.3 is 10.4 Å². The molecule has 132 valence electrons. The molecule has 25 heavy (non-hydrogen) atoms. The minimum atomic E-state index is -0.844. The summed E-state index contributed by atoms with van der Waals surface area (Å²) < 4.78 is 0. The molecular formula is C21H25NO3. The second-order valence-electron chi connectivity index (χ2n) is 6.24. The van der Waals surface area contributed by atoms with E-state index < -0.39 is 5.97 Å². The Kier molecular flexibility index (Phi) is 7.20. The number of carbonyl (C=O) groups excluding carboxylic acids is 1. The van der Waals surface area contributed by atoms with E-state index in [1.54, 1.807) is 0 Å². The standard InChI is InChI=1S/C21H25NO3/c1-2-16-9-6-10-18(13-16)15-20(23)22-19(11-12-21(24)25)14-17-7-4-3-5-8-17/h3-10,13,19H,2,11-12,14-15H2,1H3,(H,22,23)(H,24,25). The number of benzene rings is 2. The van der Waals surface area contributed by atoms with Gasteiger partial charge in [0.1, 0.15) is 0 Å². The van der Waals surface area contributed by atoms with Crippen molar-refractivity contribution in [2.24, 2.45) is 0 Å². The summed E-state index contributed by atoms with van der Waals surface area (Å²) in [6, 6.07) is 17.6. The summed E-state index contributed by atoms with van der Waals surface area (Å²) in [5.41, 5.74) is 3.27. The van der Waals surface area contributed by atoms with Crippen LogP contribution in [0.25, 0.3) is 0 Å². The maximum absolute atomic E-state index is 12.4. The zero-order chi connectivity index (χ0) is 18.1. The van der Waals surface area contributed by atoms with Gasteiger partial charge in [-0.05, 0) is 36.0 Å². The molecule has 0 bridgehead atoms. The summed E-state index contributed by atoms with van der Waals surface area (Å²) in [6.45, 7) is 2.08. The summed E-state index contributed by atoms with van der Waals surface area (Å²) in [7, 11) is 0. The first-order valence-electron chi connectivity index (χ1n) is 8.69. The van der Waals surface area contributed by atoms with Crippen molar-refractivity contribution in [3.8, 4) is 0 Å². The highest BCUT2D eigenvalue weighted by Gasteiger charge is 2.15. The molecule has 1 atom stereocenters. The lowest BCUT2D eigenvalue weighted by atomic mass is 10.0. The lowest BCUT2D eigenvalue weighted by molar-refractivity contribution is -0.137. The molecule has 4 nitrogen and oxygen atoms in total. The van der Waals surface area contributed by atoms with E-state index in [-0.39, 0.29) is 18.4 Å². The molecule has 0 spiro atoms. The summed E-state index contributed by atoms with van der Waals surface area (Å²) in [4.78, 5) is 23.3. The first-order chi connectivity index (χ1) is 12.1. The molecule has 0 aliphatic carbocycles. The predicted octanol–water partition coefficient (Wildman–Crippen LogP) is 3.38. The van der Waals surface area contributed by atoms with Crippen LogP contribution < -0.4 is 5.32 Å². The van der Waals surface area contributed by atoms with Crippen LogP contribution in [-0.2, 0) is 28.9 Å². The Morgan fingerprint density at radius 1 is 1.00 bits per heavy atom. The molecule has 0 aliphatic heterocycles. The van der Waals surface area contributed by atoms with Crippen molar-refractivity contribution in [2.45, 2.75) is 45.1 Å².